The van der Waals surface area contributed by atoms with Crippen molar-refractivity contribution in [2.45, 2.75) is 40.7 Å². The Kier molecular flexibility index (Phi) is 3.55. The molecule has 1 heterocycles. The minimum atomic E-state index is 0.150. The molecule has 2 heteroatoms. The Morgan fingerprint density at radius 3 is 2.72 bits per heavy atom. The zero-order valence-corrected chi connectivity index (χ0v) is 11.8. The highest BCUT2D eigenvalue weighted by molar-refractivity contribution is 5.33. The molecule has 0 radical (unpaired) electrons. The van der Waals surface area contributed by atoms with E-state index < -0.39 is 0 Å². The molecule has 0 amide bonds. The molecule has 0 spiro atoms. The van der Waals surface area contributed by atoms with Gasteiger partial charge < -0.3 is 0 Å². The van der Waals surface area contributed by atoms with Crippen LogP contribution in [0.1, 0.15) is 32.2 Å². The molecule has 2 rings (SSSR count). The smallest absolute Gasteiger partial charge is 0.0671 e. The highest BCUT2D eigenvalue weighted by Crippen LogP contribution is 2.23. The number of rotatable bonds is 3. The molecule has 0 N–H and O–H groups in total. The molecule has 0 unspecified atom stereocenters. The molecule has 1 aromatic heterocycles. The van der Waals surface area contributed by atoms with Crippen LogP contribution in [0.3, 0.4) is 0 Å². The number of hydrogen-bond donors (Lipinski definition) is 0. The summed E-state index contributed by atoms with van der Waals surface area (Å²) in [7, 11) is 0. The molecular weight excluding hydrogens is 220 g/mol. The Morgan fingerprint density at radius 2 is 2.06 bits per heavy atom. The summed E-state index contributed by atoms with van der Waals surface area (Å²) in [5, 5.41) is 4.61. The first-order valence-corrected chi connectivity index (χ1v) is 6.61. The van der Waals surface area contributed by atoms with Gasteiger partial charge in [-0.05, 0) is 25.5 Å². The SMILES string of the molecule is CCn1nc(CC2=CC=CC(C)(C)C=C2)cc1C. The quantitative estimate of drug-likeness (QED) is 0.787. The highest BCUT2D eigenvalue weighted by Gasteiger charge is 2.11. The minimum absolute atomic E-state index is 0.150. The van der Waals surface area contributed by atoms with Gasteiger partial charge >= 0.3 is 0 Å². The lowest BCUT2D eigenvalue weighted by Gasteiger charge is -2.12. The molecule has 0 bridgehead atoms. The molecule has 2 nitrogen and oxygen atoms in total. The van der Waals surface area contributed by atoms with Crippen molar-refractivity contribution >= 4 is 0 Å². The average Bonchev–Trinajstić information content (AvgIpc) is 2.56. The summed E-state index contributed by atoms with van der Waals surface area (Å²) < 4.78 is 2.05. The number of aryl methyl sites for hydroxylation is 2. The van der Waals surface area contributed by atoms with E-state index in [1.165, 1.54) is 11.3 Å². The van der Waals surface area contributed by atoms with Crippen molar-refractivity contribution in [3.05, 3.63) is 53.4 Å². The van der Waals surface area contributed by atoms with E-state index in [4.69, 9.17) is 0 Å². The third kappa shape index (κ3) is 3.00. The topological polar surface area (TPSA) is 17.8 Å². The van der Waals surface area contributed by atoms with Gasteiger partial charge in [-0.3, -0.25) is 4.68 Å². The van der Waals surface area contributed by atoms with Crippen molar-refractivity contribution in [2.24, 2.45) is 5.41 Å². The van der Waals surface area contributed by atoms with Crippen LogP contribution >= 0.6 is 0 Å². The third-order valence-electron chi connectivity index (χ3n) is 3.28. The number of nitrogens with zero attached hydrogens (tertiary/aromatic N) is 2. The molecule has 1 aliphatic rings. The monoisotopic (exact) mass is 242 g/mol. The van der Waals surface area contributed by atoms with Crippen LogP contribution < -0.4 is 0 Å². The molecule has 0 saturated carbocycles. The van der Waals surface area contributed by atoms with Crippen molar-refractivity contribution in [1.29, 1.82) is 0 Å². The average molecular weight is 242 g/mol. The van der Waals surface area contributed by atoms with Gasteiger partial charge in [0.15, 0.2) is 0 Å². The molecule has 0 atom stereocenters. The Bertz CT molecular complexity index is 513. The summed E-state index contributed by atoms with van der Waals surface area (Å²) in [4.78, 5) is 0. The van der Waals surface area contributed by atoms with Crippen LogP contribution in [-0.2, 0) is 13.0 Å². The molecule has 18 heavy (non-hydrogen) atoms. The largest absolute Gasteiger partial charge is 0.270 e. The van der Waals surface area contributed by atoms with Gasteiger partial charge in [0, 0.05) is 24.1 Å². The van der Waals surface area contributed by atoms with E-state index >= 15 is 0 Å². The predicted octanol–water partition coefficient (Wildman–Crippen LogP) is 3.83. The van der Waals surface area contributed by atoms with E-state index in [0.717, 1.165) is 18.7 Å². The van der Waals surface area contributed by atoms with E-state index in [2.05, 4.69) is 73.9 Å². The van der Waals surface area contributed by atoms with E-state index in [1.54, 1.807) is 0 Å². The molecule has 0 saturated heterocycles. The van der Waals surface area contributed by atoms with Crippen molar-refractivity contribution in [3.8, 4) is 0 Å². The molecule has 0 aromatic carbocycles. The van der Waals surface area contributed by atoms with Gasteiger partial charge in [-0.1, -0.05) is 44.2 Å². The second-order valence-corrected chi connectivity index (χ2v) is 5.52. The van der Waals surface area contributed by atoms with Gasteiger partial charge in [0.25, 0.3) is 0 Å². The van der Waals surface area contributed by atoms with E-state index in [9.17, 15) is 0 Å². The third-order valence-corrected chi connectivity index (χ3v) is 3.28. The summed E-state index contributed by atoms with van der Waals surface area (Å²) >= 11 is 0. The molecule has 1 aromatic rings. The Balaban J connectivity index is 2.15. The van der Waals surface area contributed by atoms with Crippen LogP contribution in [0.4, 0.5) is 0 Å². The molecule has 1 aliphatic carbocycles. The first kappa shape index (κ1) is 12.9. The fourth-order valence-corrected chi connectivity index (χ4v) is 2.16. The molecular formula is C16H22N2. The van der Waals surface area contributed by atoms with Crippen LogP contribution in [0.5, 0.6) is 0 Å². The summed E-state index contributed by atoms with van der Waals surface area (Å²) in [6.07, 6.45) is 12.0. The van der Waals surface area contributed by atoms with Gasteiger partial charge in [0.05, 0.1) is 5.69 Å². The van der Waals surface area contributed by atoms with Crippen molar-refractivity contribution < 1.29 is 0 Å². The zero-order chi connectivity index (χ0) is 13.2. The summed E-state index contributed by atoms with van der Waals surface area (Å²) in [5.74, 6) is 0. The summed E-state index contributed by atoms with van der Waals surface area (Å²) in [6, 6.07) is 2.18. The summed E-state index contributed by atoms with van der Waals surface area (Å²) in [6.45, 7) is 9.60. The molecule has 0 aliphatic heterocycles. The molecule has 96 valence electrons. The van der Waals surface area contributed by atoms with Crippen LogP contribution in [-0.4, -0.2) is 9.78 Å². The van der Waals surface area contributed by atoms with Gasteiger partial charge in [-0.2, -0.15) is 5.10 Å². The Morgan fingerprint density at radius 1 is 1.28 bits per heavy atom. The predicted molar refractivity (Wildman–Crippen MR) is 76.5 cm³/mol. The van der Waals surface area contributed by atoms with Crippen LogP contribution in [0.25, 0.3) is 0 Å². The van der Waals surface area contributed by atoms with Crippen molar-refractivity contribution in [3.63, 3.8) is 0 Å². The van der Waals surface area contributed by atoms with E-state index in [1.807, 2.05) is 0 Å². The normalized spacial score (nSPS) is 17.7. The summed E-state index contributed by atoms with van der Waals surface area (Å²) in [5.41, 5.74) is 3.86. The van der Waals surface area contributed by atoms with E-state index in [0.29, 0.717) is 0 Å². The Labute approximate surface area is 110 Å². The fourth-order valence-electron chi connectivity index (χ4n) is 2.16. The van der Waals surface area contributed by atoms with Crippen LogP contribution in [0.2, 0.25) is 0 Å². The maximum Gasteiger partial charge on any atom is 0.0671 e. The molecule has 0 fully saturated rings. The highest BCUT2D eigenvalue weighted by atomic mass is 15.3. The van der Waals surface area contributed by atoms with Gasteiger partial charge in [-0.15, -0.1) is 0 Å². The zero-order valence-electron chi connectivity index (χ0n) is 11.8. The van der Waals surface area contributed by atoms with E-state index in [-0.39, 0.29) is 5.41 Å². The number of allylic oxidation sites excluding steroid dienone is 6. The maximum absolute atomic E-state index is 4.61. The van der Waals surface area contributed by atoms with Gasteiger partial charge in [-0.25, -0.2) is 0 Å². The minimum Gasteiger partial charge on any atom is -0.270 e. The first-order chi connectivity index (χ1) is 8.50. The standard InChI is InChI=1S/C16H22N2/c1-5-18-13(2)11-15(17-18)12-14-7-6-9-16(3,4)10-8-14/h6-11H,5,12H2,1-4H3. The lowest BCUT2D eigenvalue weighted by Crippen LogP contribution is -2.01. The second-order valence-electron chi connectivity index (χ2n) is 5.52. The fraction of sp³-hybridized carbons (Fsp3) is 0.438. The van der Waals surface area contributed by atoms with Gasteiger partial charge in [0.1, 0.15) is 0 Å². The van der Waals surface area contributed by atoms with Crippen LogP contribution in [0.15, 0.2) is 42.0 Å². The second kappa shape index (κ2) is 4.97. The lowest BCUT2D eigenvalue weighted by atomic mass is 9.93. The lowest BCUT2D eigenvalue weighted by molar-refractivity contribution is 0.626. The number of hydrogen-bond acceptors (Lipinski definition) is 1. The Hall–Kier alpha value is -1.57. The maximum atomic E-state index is 4.61. The first-order valence-electron chi connectivity index (χ1n) is 6.61. The van der Waals surface area contributed by atoms with Crippen molar-refractivity contribution in [2.75, 3.05) is 0 Å². The van der Waals surface area contributed by atoms with Crippen molar-refractivity contribution in [1.82, 2.24) is 9.78 Å². The van der Waals surface area contributed by atoms with Gasteiger partial charge in [0.2, 0.25) is 0 Å². The number of aromatic nitrogens is 2. The van der Waals surface area contributed by atoms with Crippen LogP contribution in [0, 0.1) is 12.3 Å².